The van der Waals surface area contributed by atoms with E-state index in [0.29, 0.717) is 0 Å². The molecule has 0 bridgehead atoms. The number of allylic oxidation sites excluding steroid dienone is 1. The number of hydrogen-bond donors (Lipinski definition) is 0. The van der Waals surface area contributed by atoms with Crippen LogP contribution in [0.3, 0.4) is 0 Å². The van der Waals surface area contributed by atoms with Crippen LogP contribution in [0, 0.1) is 3.57 Å². The van der Waals surface area contributed by atoms with Gasteiger partial charge in [0.25, 0.3) is 0 Å². The summed E-state index contributed by atoms with van der Waals surface area (Å²) < 4.78 is 6.86. The zero-order chi connectivity index (χ0) is 10.9. The molecular formula is C13H17IO. The highest BCUT2D eigenvalue weighted by Gasteiger charge is 1.94. The topological polar surface area (TPSA) is 9.23 Å². The molecule has 1 aromatic carbocycles. The third kappa shape index (κ3) is 5.82. The van der Waals surface area contributed by atoms with Crippen molar-refractivity contribution in [3.8, 4) is 5.75 Å². The van der Waals surface area contributed by atoms with E-state index in [1.807, 2.05) is 18.2 Å². The summed E-state index contributed by atoms with van der Waals surface area (Å²) in [6, 6.07) is 8.16. The van der Waals surface area contributed by atoms with Crippen molar-refractivity contribution in [1.82, 2.24) is 0 Å². The summed E-state index contributed by atoms with van der Waals surface area (Å²) in [6.07, 6.45) is 6.65. The Kier molecular flexibility index (Phi) is 6.48. The molecule has 0 spiro atoms. The molecule has 0 aliphatic rings. The Morgan fingerprint density at radius 3 is 2.87 bits per heavy atom. The van der Waals surface area contributed by atoms with Crippen LogP contribution in [0.2, 0.25) is 0 Å². The highest BCUT2D eigenvalue weighted by molar-refractivity contribution is 14.1. The summed E-state index contributed by atoms with van der Waals surface area (Å²) in [5.74, 6) is 0.977. The van der Waals surface area contributed by atoms with Crippen LogP contribution >= 0.6 is 22.6 Å². The molecule has 1 rings (SSSR count). The van der Waals surface area contributed by atoms with Crippen molar-refractivity contribution in [3.05, 3.63) is 40.5 Å². The van der Waals surface area contributed by atoms with Crippen LogP contribution in [0.25, 0.3) is 0 Å². The molecule has 1 nitrogen and oxygen atoms in total. The summed E-state index contributed by atoms with van der Waals surface area (Å²) in [7, 11) is 0. The Balaban J connectivity index is 2.12. The molecule has 0 atom stereocenters. The molecule has 0 aliphatic heterocycles. The molecule has 15 heavy (non-hydrogen) atoms. The fourth-order valence-corrected chi connectivity index (χ4v) is 1.83. The van der Waals surface area contributed by atoms with Gasteiger partial charge in [-0.25, -0.2) is 0 Å². The van der Waals surface area contributed by atoms with Crippen LogP contribution in [0.4, 0.5) is 0 Å². The van der Waals surface area contributed by atoms with Crippen LogP contribution in [0.1, 0.15) is 25.7 Å². The average Bonchev–Trinajstić information content (AvgIpc) is 2.23. The van der Waals surface area contributed by atoms with Gasteiger partial charge in [0.2, 0.25) is 0 Å². The van der Waals surface area contributed by atoms with Crippen LogP contribution in [-0.4, -0.2) is 6.61 Å². The highest BCUT2D eigenvalue weighted by Crippen LogP contribution is 2.15. The van der Waals surface area contributed by atoms with Gasteiger partial charge in [-0.3, -0.25) is 0 Å². The SMILES string of the molecule is C=CCCCCCOc1cccc(I)c1. The zero-order valence-electron chi connectivity index (χ0n) is 8.92. The maximum Gasteiger partial charge on any atom is 0.120 e. The first-order valence-corrected chi connectivity index (χ1v) is 6.40. The van der Waals surface area contributed by atoms with Gasteiger partial charge >= 0.3 is 0 Å². The van der Waals surface area contributed by atoms with E-state index < -0.39 is 0 Å². The minimum Gasteiger partial charge on any atom is -0.494 e. The largest absolute Gasteiger partial charge is 0.494 e. The van der Waals surface area contributed by atoms with E-state index in [1.54, 1.807) is 0 Å². The Morgan fingerprint density at radius 2 is 2.13 bits per heavy atom. The monoisotopic (exact) mass is 316 g/mol. The van der Waals surface area contributed by atoms with Crippen molar-refractivity contribution in [2.24, 2.45) is 0 Å². The molecule has 0 amide bonds. The Morgan fingerprint density at radius 1 is 1.27 bits per heavy atom. The molecule has 0 saturated heterocycles. The van der Waals surface area contributed by atoms with E-state index in [0.717, 1.165) is 25.2 Å². The van der Waals surface area contributed by atoms with E-state index >= 15 is 0 Å². The summed E-state index contributed by atoms with van der Waals surface area (Å²) >= 11 is 2.29. The standard InChI is InChI=1S/C13H17IO/c1-2-3-4-5-6-10-15-13-9-7-8-12(14)11-13/h2,7-9,11H,1,3-6,10H2. The quantitative estimate of drug-likeness (QED) is 0.411. The molecule has 2 heteroatoms. The van der Waals surface area contributed by atoms with Gasteiger partial charge in [-0.15, -0.1) is 6.58 Å². The molecule has 1 aromatic rings. The fourth-order valence-electron chi connectivity index (χ4n) is 1.31. The van der Waals surface area contributed by atoms with E-state index in [2.05, 4.69) is 41.3 Å². The van der Waals surface area contributed by atoms with Crippen LogP contribution in [-0.2, 0) is 0 Å². The molecule has 0 fully saturated rings. The van der Waals surface area contributed by atoms with Crippen LogP contribution in [0.5, 0.6) is 5.75 Å². The second-order valence-electron chi connectivity index (χ2n) is 3.44. The number of halogens is 1. The smallest absolute Gasteiger partial charge is 0.120 e. The van der Waals surface area contributed by atoms with Crippen molar-refractivity contribution >= 4 is 22.6 Å². The van der Waals surface area contributed by atoms with Crippen molar-refractivity contribution in [2.45, 2.75) is 25.7 Å². The summed E-state index contributed by atoms with van der Waals surface area (Å²) in [5, 5.41) is 0. The second-order valence-corrected chi connectivity index (χ2v) is 4.69. The van der Waals surface area contributed by atoms with Crippen molar-refractivity contribution < 1.29 is 4.74 Å². The van der Waals surface area contributed by atoms with Gasteiger partial charge in [-0.05, 0) is 66.5 Å². The predicted octanol–water partition coefficient (Wildman–Crippen LogP) is 4.42. The number of unbranched alkanes of at least 4 members (excludes halogenated alkanes) is 3. The normalized spacial score (nSPS) is 9.93. The molecule has 0 radical (unpaired) electrons. The number of benzene rings is 1. The lowest BCUT2D eigenvalue weighted by Crippen LogP contribution is -1.97. The van der Waals surface area contributed by atoms with E-state index in [-0.39, 0.29) is 0 Å². The van der Waals surface area contributed by atoms with E-state index in [9.17, 15) is 0 Å². The van der Waals surface area contributed by atoms with Crippen LogP contribution in [0.15, 0.2) is 36.9 Å². The molecule has 0 heterocycles. The number of rotatable bonds is 7. The van der Waals surface area contributed by atoms with E-state index in [1.165, 1.54) is 16.4 Å². The lowest BCUT2D eigenvalue weighted by Gasteiger charge is -2.05. The maximum absolute atomic E-state index is 5.64. The van der Waals surface area contributed by atoms with Crippen molar-refractivity contribution in [3.63, 3.8) is 0 Å². The van der Waals surface area contributed by atoms with E-state index in [4.69, 9.17) is 4.74 Å². The highest BCUT2D eigenvalue weighted by atomic mass is 127. The third-order valence-corrected chi connectivity index (χ3v) is 2.79. The molecule has 0 saturated carbocycles. The molecule has 82 valence electrons. The first-order chi connectivity index (χ1) is 7.33. The van der Waals surface area contributed by atoms with Gasteiger partial charge < -0.3 is 4.74 Å². The lowest BCUT2D eigenvalue weighted by molar-refractivity contribution is 0.305. The molecule has 0 aromatic heterocycles. The Labute approximate surface area is 106 Å². The molecule has 0 unspecified atom stereocenters. The van der Waals surface area contributed by atoms with Crippen molar-refractivity contribution in [2.75, 3.05) is 6.61 Å². The van der Waals surface area contributed by atoms with Gasteiger partial charge in [0, 0.05) is 3.57 Å². The number of ether oxygens (including phenoxy) is 1. The maximum atomic E-state index is 5.64. The lowest BCUT2D eigenvalue weighted by atomic mass is 10.2. The first kappa shape index (κ1) is 12.6. The summed E-state index contributed by atoms with van der Waals surface area (Å²) in [4.78, 5) is 0. The summed E-state index contributed by atoms with van der Waals surface area (Å²) in [5.41, 5.74) is 0. The van der Waals surface area contributed by atoms with Gasteiger partial charge in [0.1, 0.15) is 5.75 Å². The summed E-state index contributed by atoms with van der Waals surface area (Å²) in [6.45, 7) is 4.52. The Bertz CT molecular complexity index is 296. The van der Waals surface area contributed by atoms with Gasteiger partial charge in [-0.1, -0.05) is 12.1 Å². The van der Waals surface area contributed by atoms with Crippen molar-refractivity contribution in [1.29, 1.82) is 0 Å². The van der Waals surface area contributed by atoms with Crippen LogP contribution < -0.4 is 4.74 Å². The Hall–Kier alpha value is -0.510. The minimum absolute atomic E-state index is 0.817. The first-order valence-electron chi connectivity index (χ1n) is 5.32. The molecule has 0 N–H and O–H groups in total. The molecular weight excluding hydrogens is 299 g/mol. The minimum atomic E-state index is 0.817. The third-order valence-electron chi connectivity index (χ3n) is 2.12. The fraction of sp³-hybridized carbons (Fsp3) is 0.385. The average molecular weight is 316 g/mol. The second kappa shape index (κ2) is 7.74. The van der Waals surface area contributed by atoms with Gasteiger partial charge in [0.05, 0.1) is 6.61 Å². The number of hydrogen-bond acceptors (Lipinski definition) is 1. The molecule has 0 aliphatic carbocycles. The van der Waals surface area contributed by atoms with Gasteiger partial charge in [0.15, 0.2) is 0 Å². The predicted molar refractivity (Wildman–Crippen MR) is 73.3 cm³/mol. The van der Waals surface area contributed by atoms with Gasteiger partial charge in [-0.2, -0.15) is 0 Å². The zero-order valence-corrected chi connectivity index (χ0v) is 11.1.